The van der Waals surface area contributed by atoms with Crippen LogP contribution >= 0.6 is 35.0 Å². The van der Waals surface area contributed by atoms with Gasteiger partial charge in [0.15, 0.2) is 11.5 Å². The molecule has 9 heteroatoms. The molecule has 0 aliphatic carbocycles. The molecule has 1 unspecified atom stereocenters. The monoisotopic (exact) mass is 518 g/mol. The van der Waals surface area contributed by atoms with Gasteiger partial charge in [0.25, 0.3) is 5.91 Å². The van der Waals surface area contributed by atoms with Gasteiger partial charge in [-0.2, -0.15) is 0 Å². The van der Waals surface area contributed by atoms with Crippen LogP contribution in [0.5, 0.6) is 11.5 Å². The molecule has 6 nitrogen and oxygen atoms in total. The largest absolute Gasteiger partial charge is 0.493 e. The van der Waals surface area contributed by atoms with Crippen molar-refractivity contribution in [3.8, 4) is 11.5 Å². The molecule has 3 aromatic carbocycles. The van der Waals surface area contributed by atoms with Crippen LogP contribution in [0.4, 0.5) is 11.4 Å². The minimum absolute atomic E-state index is 0.148. The molecule has 3 rings (SSSR count). The number of hydrogen-bond donors (Lipinski definition) is 2. The van der Waals surface area contributed by atoms with Crippen LogP contribution in [0.25, 0.3) is 0 Å². The van der Waals surface area contributed by atoms with Gasteiger partial charge in [-0.05, 0) is 61.0 Å². The average molecular weight is 519 g/mol. The highest BCUT2D eigenvalue weighted by molar-refractivity contribution is 8.00. The molecule has 1 atom stereocenters. The maximum atomic E-state index is 12.8. The molecule has 0 spiro atoms. The molecule has 2 amide bonds. The fourth-order valence-electron chi connectivity index (χ4n) is 3.11. The van der Waals surface area contributed by atoms with E-state index in [1.54, 1.807) is 42.5 Å². The first-order chi connectivity index (χ1) is 16.3. The Hall–Kier alpha value is -2.87. The Labute approximate surface area is 212 Å². The van der Waals surface area contributed by atoms with Gasteiger partial charge in [0.2, 0.25) is 5.91 Å². The van der Waals surface area contributed by atoms with Crippen molar-refractivity contribution in [2.24, 2.45) is 0 Å². The number of ether oxygens (including phenoxy) is 2. The van der Waals surface area contributed by atoms with E-state index in [0.717, 1.165) is 4.90 Å². The van der Waals surface area contributed by atoms with Crippen molar-refractivity contribution in [3.63, 3.8) is 0 Å². The summed E-state index contributed by atoms with van der Waals surface area (Å²) in [5.74, 6) is 0.582. The maximum absolute atomic E-state index is 12.8. The Balaban J connectivity index is 1.68. The first-order valence-corrected chi connectivity index (χ1v) is 12.0. The number of hydrogen-bond acceptors (Lipinski definition) is 5. The van der Waals surface area contributed by atoms with Crippen LogP contribution < -0.4 is 20.1 Å². The number of carbonyl (C=O) groups excluding carboxylic acids is 2. The van der Waals surface area contributed by atoms with Crippen LogP contribution in [0.15, 0.2) is 65.6 Å². The Morgan fingerprint density at radius 3 is 2.29 bits per heavy atom. The summed E-state index contributed by atoms with van der Waals surface area (Å²) in [5, 5.41) is 6.21. The van der Waals surface area contributed by atoms with E-state index in [-0.39, 0.29) is 17.1 Å². The van der Waals surface area contributed by atoms with Crippen LogP contribution in [-0.2, 0) is 4.79 Å². The number of halogens is 2. The van der Waals surface area contributed by atoms with Crippen molar-refractivity contribution < 1.29 is 19.1 Å². The van der Waals surface area contributed by atoms with E-state index in [0.29, 0.717) is 44.9 Å². The molecule has 0 aromatic heterocycles. The normalized spacial score (nSPS) is 11.4. The highest BCUT2D eigenvalue weighted by atomic mass is 35.5. The lowest BCUT2D eigenvalue weighted by Gasteiger charge is -2.16. The summed E-state index contributed by atoms with van der Waals surface area (Å²) in [4.78, 5) is 26.4. The van der Waals surface area contributed by atoms with E-state index in [1.165, 1.54) is 26.0 Å². The van der Waals surface area contributed by atoms with Gasteiger partial charge in [0, 0.05) is 21.8 Å². The van der Waals surface area contributed by atoms with Crippen molar-refractivity contribution in [3.05, 3.63) is 76.3 Å². The van der Waals surface area contributed by atoms with E-state index in [2.05, 4.69) is 10.6 Å². The maximum Gasteiger partial charge on any atom is 0.255 e. The Kier molecular flexibility index (Phi) is 9.10. The smallest absolute Gasteiger partial charge is 0.255 e. The van der Waals surface area contributed by atoms with Gasteiger partial charge in [0.05, 0.1) is 29.5 Å². The number of nitrogens with one attached hydrogen (secondary N) is 2. The quantitative estimate of drug-likeness (QED) is 0.305. The summed E-state index contributed by atoms with van der Waals surface area (Å²) in [6, 6.07) is 17.3. The highest BCUT2D eigenvalue weighted by Crippen LogP contribution is 2.31. The molecule has 3 aromatic rings. The average Bonchev–Trinajstić information content (AvgIpc) is 2.84. The van der Waals surface area contributed by atoms with Crippen molar-refractivity contribution >= 4 is 58.2 Å². The number of amides is 2. The molecule has 0 fully saturated rings. The third-order valence-electron chi connectivity index (χ3n) is 4.87. The van der Waals surface area contributed by atoms with Crippen LogP contribution in [-0.4, -0.2) is 31.3 Å². The Bertz CT molecular complexity index is 1190. The topological polar surface area (TPSA) is 76.7 Å². The predicted molar refractivity (Wildman–Crippen MR) is 139 cm³/mol. The second kappa shape index (κ2) is 12.0. The second-order valence-electron chi connectivity index (χ2n) is 7.18. The van der Waals surface area contributed by atoms with E-state index in [4.69, 9.17) is 32.7 Å². The molecular weight excluding hydrogens is 495 g/mol. The molecule has 0 bridgehead atoms. The van der Waals surface area contributed by atoms with Gasteiger partial charge in [-0.1, -0.05) is 36.2 Å². The third kappa shape index (κ3) is 6.59. The predicted octanol–water partition coefficient (Wildman–Crippen LogP) is 6.77. The molecule has 2 N–H and O–H groups in total. The first-order valence-electron chi connectivity index (χ1n) is 10.4. The van der Waals surface area contributed by atoms with Crippen LogP contribution in [0.1, 0.15) is 23.7 Å². The van der Waals surface area contributed by atoms with Gasteiger partial charge < -0.3 is 20.1 Å². The molecule has 0 saturated heterocycles. The van der Waals surface area contributed by atoms with Gasteiger partial charge in [0.1, 0.15) is 0 Å². The van der Waals surface area contributed by atoms with Crippen LogP contribution in [0.2, 0.25) is 10.0 Å². The van der Waals surface area contributed by atoms with E-state index in [1.807, 2.05) is 25.1 Å². The second-order valence-corrected chi connectivity index (χ2v) is 9.28. The van der Waals surface area contributed by atoms with E-state index < -0.39 is 0 Å². The fraction of sp³-hybridized carbons (Fsp3) is 0.200. The van der Waals surface area contributed by atoms with Gasteiger partial charge in [-0.15, -0.1) is 11.8 Å². The van der Waals surface area contributed by atoms with E-state index >= 15 is 0 Å². The van der Waals surface area contributed by atoms with E-state index in [9.17, 15) is 9.59 Å². The standard InChI is InChI=1S/C25H24Cl2N2O4S/c1-4-23(25(31)29-17-9-10-19(26)20(27)14-17)34-18-7-5-6-16(13-18)28-24(30)15-8-11-21(32-2)22(12-15)33-3/h5-14,23H,4H2,1-3H3,(H,28,30)(H,29,31). The SMILES string of the molecule is CCC(Sc1cccc(NC(=O)c2ccc(OC)c(OC)c2)c1)C(=O)Nc1ccc(Cl)c(Cl)c1. The number of methoxy groups -OCH3 is 2. The lowest BCUT2D eigenvalue weighted by molar-refractivity contribution is -0.115. The molecule has 0 radical (unpaired) electrons. The molecular formula is C25H24Cl2N2O4S. The zero-order chi connectivity index (χ0) is 24.7. The summed E-state index contributed by atoms with van der Waals surface area (Å²) in [7, 11) is 3.05. The number of benzene rings is 3. The summed E-state index contributed by atoms with van der Waals surface area (Å²) in [5.41, 5.74) is 1.63. The number of thioether (sulfide) groups is 1. The van der Waals surface area contributed by atoms with Gasteiger partial charge in [-0.25, -0.2) is 0 Å². The lowest BCUT2D eigenvalue weighted by Crippen LogP contribution is -2.24. The molecule has 34 heavy (non-hydrogen) atoms. The fourth-order valence-corrected chi connectivity index (χ4v) is 4.42. The van der Waals surface area contributed by atoms with Crippen molar-refractivity contribution in [1.29, 1.82) is 0 Å². The van der Waals surface area contributed by atoms with Gasteiger partial charge >= 0.3 is 0 Å². The summed E-state index contributed by atoms with van der Waals surface area (Å²) < 4.78 is 10.5. The highest BCUT2D eigenvalue weighted by Gasteiger charge is 2.19. The van der Waals surface area contributed by atoms with Crippen molar-refractivity contribution in [1.82, 2.24) is 0 Å². The molecule has 0 aliphatic heterocycles. The molecule has 178 valence electrons. The molecule has 0 heterocycles. The third-order valence-corrected chi connectivity index (χ3v) is 6.96. The van der Waals surface area contributed by atoms with Crippen LogP contribution in [0, 0.1) is 0 Å². The number of anilines is 2. The van der Waals surface area contributed by atoms with Crippen molar-refractivity contribution in [2.45, 2.75) is 23.5 Å². The molecule has 0 saturated carbocycles. The number of rotatable bonds is 9. The molecule has 0 aliphatic rings. The Morgan fingerprint density at radius 2 is 1.62 bits per heavy atom. The summed E-state index contributed by atoms with van der Waals surface area (Å²) >= 11 is 13.4. The van der Waals surface area contributed by atoms with Crippen LogP contribution in [0.3, 0.4) is 0 Å². The lowest BCUT2D eigenvalue weighted by atomic mass is 10.2. The zero-order valence-corrected chi connectivity index (χ0v) is 21.2. The zero-order valence-electron chi connectivity index (χ0n) is 18.9. The minimum Gasteiger partial charge on any atom is -0.493 e. The van der Waals surface area contributed by atoms with Gasteiger partial charge in [-0.3, -0.25) is 9.59 Å². The Morgan fingerprint density at radius 1 is 0.882 bits per heavy atom. The summed E-state index contributed by atoms with van der Waals surface area (Å²) in [6.45, 7) is 1.94. The van der Waals surface area contributed by atoms with Crippen molar-refractivity contribution in [2.75, 3.05) is 24.9 Å². The minimum atomic E-state index is -0.341. The number of carbonyl (C=O) groups is 2. The summed E-state index contributed by atoms with van der Waals surface area (Å²) in [6.07, 6.45) is 0.611. The first kappa shape index (κ1) is 25.7.